The summed E-state index contributed by atoms with van der Waals surface area (Å²) >= 11 is 1.38. The minimum Gasteiger partial charge on any atom is -0.378 e. The maximum atomic E-state index is 12.3. The fourth-order valence-corrected chi connectivity index (χ4v) is 4.11. The Labute approximate surface area is 169 Å². The predicted octanol–water partition coefficient (Wildman–Crippen LogP) is 4.03. The summed E-state index contributed by atoms with van der Waals surface area (Å²) in [6, 6.07) is 14.4. The number of aryl methyl sites for hydroxylation is 2. The number of carbonyl (C=O) groups excluding carboxylic acids is 1. The number of aliphatic imine (C=N–C) groups is 1. The van der Waals surface area contributed by atoms with Crippen LogP contribution in [0.3, 0.4) is 0 Å². The Bertz CT molecular complexity index is 945. The van der Waals surface area contributed by atoms with Crippen molar-refractivity contribution in [3.63, 3.8) is 0 Å². The van der Waals surface area contributed by atoms with Crippen LogP contribution in [0, 0.1) is 13.8 Å². The molecule has 2 aromatic rings. The Morgan fingerprint density at radius 3 is 2.57 bits per heavy atom. The van der Waals surface area contributed by atoms with E-state index < -0.39 is 0 Å². The number of nitrogens with zero attached hydrogens (tertiary/aromatic N) is 2. The fraction of sp³-hybridized carbons (Fsp3) is 0.273. The molecule has 6 heteroatoms. The van der Waals surface area contributed by atoms with Crippen molar-refractivity contribution >= 4 is 40.3 Å². The highest BCUT2D eigenvalue weighted by Crippen LogP contribution is 2.29. The van der Waals surface area contributed by atoms with Crippen LogP contribution in [0.5, 0.6) is 0 Å². The fourth-order valence-electron chi connectivity index (χ4n) is 3.28. The van der Waals surface area contributed by atoms with Crippen molar-refractivity contribution < 1.29 is 9.53 Å². The maximum absolute atomic E-state index is 12.3. The molecule has 0 bridgehead atoms. The molecular formula is C22H23N3O2S. The molecule has 2 aliphatic heterocycles. The third-order valence-corrected chi connectivity index (χ3v) is 5.70. The van der Waals surface area contributed by atoms with Gasteiger partial charge in [-0.1, -0.05) is 29.8 Å². The van der Waals surface area contributed by atoms with Gasteiger partial charge < -0.3 is 15.0 Å². The molecule has 0 atom stereocenters. The molecule has 2 heterocycles. The van der Waals surface area contributed by atoms with Gasteiger partial charge in [0.15, 0.2) is 5.17 Å². The minimum absolute atomic E-state index is 0.106. The normalized spacial score (nSPS) is 20.1. The van der Waals surface area contributed by atoms with Crippen LogP contribution >= 0.6 is 11.8 Å². The summed E-state index contributed by atoms with van der Waals surface area (Å²) in [7, 11) is 0. The summed E-state index contributed by atoms with van der Waals surface area (Å²) in [5, 5.41) is 3.48. The number of hydrogen-bond donors (Lipinski definition) is 1. The molecule has 144 valence electrons. The number of amidine groups is 1. The average molecular weight is 394 g/mol. The first-order chi connectivity index (χ1) is 13.6. The van der Waals surface area contributed by atoms with Crippen molar-refractivity contribution in [3.05, 3.63) is 64.1 Å². The Hall–Kier alpha value is -2.57. The second-order valence-corrected chi connectivity index (χ2v) is 7.99. The van der Waals surface area contributed by atoms with Crippen molar-refractivity contribution in [3.8, 4) is 0 Å². The largest absolute Gasteiger partial charge is 0.378 e. The lowest BCUT2D eigenvalue weighted by molar-refractivity contribution is -0.115. The summed E-state index contributed by atoms with van der Waals surface area (Å²) in [6.07, 6.45) is 1.91. The van der Waals surface area contributed by atoms with Crippen LogP contribution in [0.25, 0.3) is 6.08 Å². The van der Waals surface area contributed by atoms with Crippen LogP contribution in [0.15, 0.2) is 52.4 Å². The number of amides is 1. The molecule has 5 nitrogen and oxygen atoms in total. The topological polar surface area (TPSA) is 53.9 Å². The highest BCUT2D eigenvalue weighted by atomic mass is 32.2. The quantitative estimate of drug-likeness (QED) is 0.800. The summed E-state index contributed by atoms with van der Waals surface area (Å²) in [6.45, 7) is 7.45. The molecule has 28 heavy (non-hydrogen) atoms. The lowest BCUT2D eigenvalue weighted by Gasteiger charge is -2.28. The summed E-state index contributed by atoms with van der Waals surface area (Å²) in [4.78, 5) is 19.9. The lowest BCUT2D eigenvalue weighted by Crippen LogP contribution is -2.36. The molecule has 0 aliphatic carbocycles. The van der Waals surface area contributed by atoms with E-state index in [-0.39, 0.29) is 5.91 Å². The molecule has 1 N–H and O–H groups in total. The van der Waals surface area contributed by atoms with Gasteiger partial charge in [0.25, 0.3) is 5.91 Å². The van der Waals surface area contributed by atoms with Gasteiger partial charge in [-0.3, -0.25) is 4.79 Å². The van der Waals surface area contributed by atoms with Crippen molar-refractivity contribution in [2.75, 3.05) is 31.2 Å². The number of ether oxygens (including phenoxy) is 1. The molecule has 2 aromatic carbocycles. The molecule has 0 radical (unpaired) electrons. The molecule has 0 spiro atoms. The number of nitrogens with one attached hydrogen (secondary N) is 1. The number of morpholine rings is 1. The zero-order valence-corrected chi connectivity index (χ0v) is 16.9. The molecule has 0 saturated carbocycles. The van der Waals surface area contributed by atoms with E-state index in [1.807, 2.05) is 37.3 Å². The summed E-state index contributed by atoms with van der Waals surface area (Å²) in [5.41, 5.74) is 5.36. The monoisotopic (exact) mass is 393 g/mol. The predicted molar refractivity (Wildman–Crippen MR) is 116 cm³/mol. The number of rotatable bonds is 3. The van der Waals surface area contributed by atoms with Gasteiger partial charge in [0.05, 0.1) is 23.8 Å². The third kappa shape index (κ3) is 4.29. The first kappa shape index (κ1) is 18.8. The SMILES string of the molecule is Cc1ccc(N=C2NC(=O)/C(=C\c3ccc(N4CCOCC4)cc3)S2)c(C)c1. The molecular weight excluding hydrogens is 370 g/mol. The smallest absolute Gasteiger partial charge is 0.264 e. The van der Waals surface area contributed by atoms with Crippen LogP contribution in [-0.4, -0.2) is 37.4 Å². The molecule has 1 amide bonds. The van der Waals surface area contributed by atoms with Crippen LogP contribution in [-0.2, 0) is 9.53 Å². The summed E-state index contributed by atoms with van der Waals surface area (Å²) < 4.78 is 5.40. The third-order valence-electron chi connectivity index (χ3n) is 4.79. The standard InChI is InChI=1S/C22H23N3O2S/c1-15-3-8-19(16(2)13-15)23-22-24-21(26)20(28-22)14-17-4-6-18(7-5-17)25-9-11-27-12-10-25/h3-8,13-14H,9-12H2,1-2H3,(H,23,24,26)/b20-14+. The van der Waals surface area contributed by atoms with E-state index in [2.05, 4.69) is 40.3 Å². The molecule has 2 aliphatic rings. The zero-order valence-electron chi connectivity index (χ0n) is 16.1. The van der Waals surface area contributed by atoms with E-state index in [0.29, 0.717) is 10.1 Å². The van der Waals surface area contributed by atoms with E-state index in [9.17, 15) is 4.79 Å². The molecule has 0 aromatic heterocycles. The second kappa shape index (κ2) is 8.20. The van der Waals surface area contributed by atoms with Gasteiger partial charge in [-0.05, 0) is 61.0 Å². The van der Waals surface area contributed by atoms with E-state index >= 15 is 0 Å². The Morgan fingerprint density at radius 2 is 1.86 bits per heavy atom. The number of anilines is 1. The average Bonchev–Trinajstić information content (AvgIpc) is 3.04. The highest BCUT2D eigenvalue weighted by molar-refractivity contribution is 8.18. The van der Waals surface area contributed by atoms with E-state index in [0.717, 1.165) is 43.1 Å². The van der Waals surface area contributed by atoms with Crippen molar-refractivity contribution in [2.24, 2.45) is 4.99 Å². The molecule has 0 unspecified atom stereocenters. The number of thioether (sulfide) groups is 1. The van der Waals surface area contributed by atoms with Crippen LogP contribution in [0.1, 0.15) is 16.7 Å². The first-order valence-electron chi connectivity index (χ1n) is 9.38. The number of benzene rings is 2. The highest BCUT2D eigenvalue weighted by Gasteiger charge is 2.24. The Morgan fingerprint density at radius 1 is 1.11 bits per heavy atom. The van der Waals surface area contributed by atoms with Crippen LogP contribution < -0.4 is 10.2 Å². The van der Waals surface area contributed by atoms with Crippen molar-refractivity contribution in [2.45, 2.75) is 13.8 Å². The van der Waals surface area contributed by atoms with E-state index in [1.54, 1.807) is 0 Å². The Balaban J connectivity index is 1.49. The van der Waals surface area contributed by atoms with Gasteiger partial charge in [0.1, 0.15) is 0 Å². The first-order valence-corrected chi connectivity index (χ1v) is 10.2. The van der Waals surface area contributed by atoms with E-state index in [1.165, 1.54) is 23.0 Å². The van der Waals surface area contributed by atoms with Crippen molar-refractivity contribution in [1.29, 1.82) is 0 Å². The second-order valence-electron chi connectivity index (χ2n) is 6.96. The summed E-state index contributed by atoms with van der Waals surface area (Å²) in [5.74, 6) is -0.106. The molecule has 2 fully saturated rings. The minimum atomic E-state index is -0.106. The number of carbonyl (C=O) groups is 1. The molecule has 2 saturated heterocycles. The van der Waals surface area contributed by atoms with E-state index in [4.69, 9.17) is 4.74 Å². The maximum Gasteiger partial charge on any atom is 0.264 e. The van der Waals surface area contributed by atoms with Crippen molar-refractivity contribution in [1.82, 2.24) is 5.32 Å². The van der Waals surface area contributed by atoms with Gasteiger partial charge in [-0.25, -0.2) is 4.99 Å². The van der Waals surface area contributed by atoms with Crippen LogP contribution in [0.2, 0.25) is 0 Å². The zero-order chi connectivity index (χ0) is 19.5. The van der Waals surface area contributed by atoms with Crippen LogP contribution in [0.4, 0.5) is 11.4 Å². The lowest BCUT2D eigenvalue weighted by atomic mass is 10.1. The van der Waals surface area contributed by atoms with Gasteiger partial charge >= 0.3 is 0 Å². The van der Waals surface area contributed by atoms with Gasteiger partial charge in [-0.15, -0.1) is 0 Å². The number of hydrogen-bond acceptors (Lipinski definition) is 5. The van der Waals surface area contributed by atoms with Gasteiger partial charge in [0.2, 0.25) is 0 Å². The Kier molecular flexibility index (Phi) is 5.50. The molecule has 4 rings (SSSR count). The van der Waals surface area contributed by atoms with Gasteiger partial charge in [-0.2, -0.15) is 0 Å². The van der Waals surface area contributed by atoms with Gasteiger partial charge in [0, 0.05) is 18.8 Å².